The quantitative estimate of drug-likeness (QED) is 0.0948. The minimum atomic E-state index is 0.822. The zero-order valence-corrected chi connectivity index (χ0v) is 79.9. The maximum Gasteiger partial charge on any atom is -0.0287 e. The van der Waals surface area contributed by atoms with E-state index < -0.39 is 0 Å². The minimum Gasteiger partial charge on any atom is -0.0628 e. The van der Waals surface area contributed by atoms with Gasteiger partial charge in [-0.3, -0.25) is 0 Å². The van der Waals surface area contributed by atoms with Crippen LogP contribution in [0.4, 0.5) is 0 Å². The number of hydrogen-bond donors (Lipinski definition) is 0. The molecule has 0 amide bonds. The van der Waals surface area contributed by atoms with Crippen LogP contribution in [0.3, 0.4) is 0 Å². The van der Waals surface area contributed by atoms with Crippen LogP contribution in [0.5, 0.6) is 0 Å². The Balaban J connectivity index is 0.000000222. The number of fused-ring (bicyclic) bond motifs is 4. The largest absolute Gasteiger partial charge is 0.0628 e. The zero-order chi connectivity index (χ0) is 79.9. The van der Waals surface area contributed by atoms with Gasteiger partial charge < -0.3 is 0 Å². The maximum absolute atomic E-state index is 2.44. The van der Waals surface area contributed by atoms with Gasteiger partial charge in [0.1, 0.15) is 0 Å². The molecule has 0 spiro atoms. The predicted molar refractivity (Wildman–Crippen MR) is 498 cm³/mol. The molecule has 0 radical (unpaired) electrons. The van der Waals surface area contributed by atoms with E-state index in [1.54, 1.807) is 103 Å². The molecule has 110 heavy (non-hydrogen) atoms. The molecule has 15 saturated carbocycles. The summed E-state index contributed by atoms with van der Waals surface area (Å²) >= 11 is 0. The van der Waals surface area contributed by atoms with Crippen molar-refractivity contribution in [1.29, 1.82) is 0 Å². The molecule has 15 rings (SSSR count). The summed E-state index contributed by atoms with van der Waals surface area (Å²) in [6.07, 6.45) is 98.6. The number of hydrogen-bond acceptors (Lipinski definition) is 0. The second kappa shape index (κ2) is 59.6. The van der Waals surface area contributed by atoms with Crippen LogP contribution in [0.25, 0.3) is 0 Å². The Morgan fingerprint density at radius 1 is 0.209 bits per heavy atom. The van der Waals surface area contributed by atoms with Crippen molar-refractivity contribution < 1.29 is 0 Å². The van der Waals surface area contributed by atoms with Gasteiger partial charge in [-0.2, -0.15) is 0 Å². The second-order valence-corrected chi connectivity index (χ2v) is 47.1. The normalized spacial score (nSPS) is 29.6. The Hall–Kier alpha value is 0. The molecule has 5 atom stereocenters. The average Bonchev–Trinajstić information content (AvgIpc) is 0.807. The lowest BCUT2D eigenvalue weighted by molar-refractivity contribution is -0.0632. The van der Waals surface area contributed by atoms with E-state index in [4.69, 9.17) is 0 Å². The Kier molecular flexibility index (Phi) is 54.5. The fourth-order valence-corrected chi connectivity index (χ4v) is 26.8. The molecular weight excluding hydrogens is 1320 g/mol. The third-order valence-electron chi connectivity index (χ3n) is 31.4. The topological polar surface area (TPSA) is 0 Å². The molecule has 5 unspecified atom stereocenters. The summed E-state index contributed by atoms with van der Waals surface area (Å²) in [7, 11) is 0. The van der Waals surface area contributed by atoms with E-state index in [1.165, 1.54) is 315 Å². The van der Waals surface area contributed by atoms with Crippen molar-refractivity contribution >= 4 is 0 Å². The molecule has 0 N–H and O–H groups in total. The van der Waals surface area contributed by atoms with Crippen LogP contribution in [0.2, 0.25) is 0 Å². The van der Waals surface area contributed by atoms with E-state index in [0.29, 0.717) is 0 Å². The van der Waals surface area contributed by atoms with E-state index >= 15 is 0 Å². The molecule has 652 valence electrons. The van der Waals surface area contributed by atoms with Gasteiger partial charge in [-0.05, 0) is 275 Å². The molecule has 6 bridgehead atoms. The van der Waals surface area contributed by atoms with Gasteiger partial charge in [0.05, 0.1) is 0 Å². The van der Waals surface area contributed by atoms with Gasteiger partial charge in [0, 0.05) is 0 Å². The predicted octanol–water partition coefficient (Wildman–Crippen LogP) is 38.2. The number of rotatable bonds is 22. The summed E-state index contributed by atoms with van der Waals surface area (Å²) in [6, 6.07) is 0. The van der Waals surface area contributed by atoms with Crippen molar-refractivity contribution in [2.75, 3.05) is 0 Å². The highest BCUT2D eigenvalue weighted by molar-refractivity contribution is 5.01. The molecule has 0 heteroatoms. The highest BCUT2D eigenvalue weighted by atomic mass is 14.6. The molecule has 0 aromatic heterocycles. The molecule has 0 heterocycles. The van der Waals surface area contributed by atoms with Crippen LogP contribution >= 0.6 is 0 Å². The van der Waals surface area contributed by atoms with Crippen LogP contribution in [0.15, 0.2) is 0 Å². The maximum atomic E-state index is 2.44. The first kappa shape index (κ1) is 101. The van der Waals surface area contributed by atoms with E-state index in [0.717, 1.165) is 153 Å². The SMILES string of the molecule is CC(C)CC(C)CC1CCCCC1.CC(C)CC12CC3CC(CC(C3)C1)C2.CC(C)CC1CC2CCC1CC2.CC(C)CC1CCC2CCCCC2C1.CC(C)CC1CCCCC1.CC(C)CC1CCCCC1.CC(C)CC1CCCCCCCCCC1.CC(C)CCC1CCCC1.CC(C)CCC1CCCCCC1. The van der Waals surface area contributed by atoms with Crippen LogP contribution in [0.1, 0.15) is 549 Å². The third kappa shape index (κ3) is 47.7. The van der Waals surface area contributed by atoms with Gasteiger partial charge in [-0.25, -0.2) is 0 Å². The van der Waals surface area contributed by atoms with Crippen LogP contribution in [0, 0.1) is 153 Å². The molecule has 0 nitrogen and oxygen atoms in total. The molecule has 0 saturated heterocycles. The second-order valence-electron chi connectivity index (χ2n) is 47.1. The van der Waals surface area contributed by atoms with Crippen molar-refractivity contribution in [3.8, 4) is 0 Å². The van der Waals surface area contributed by atoms with Gasteiger partial charge in [-0.15, -0.1) is 0 Å². The molecule has 15 aliphatic carbocycles. The average molecular weight is 1530 g/mol. The minimum absolute atomic E-state index is 0.822. The lowest BCUT2D eigenvalue weighted by Gasteiger charge is -2.57. The fraction of sp³-hybridized carbons (Fsp3) is 1.00. The first-order valence-electron chi connectivity index (χ1n) is 52.8. The summed E-state index contributed by atoms with van der Waals surface area (Å²) in [4.78, 5) is 0. The van der Waals surface area contributed by atoms with Gasteiger partial charge in [0.25, 0.3) is 0 Å². The summed E-state index contributed by atoms with van der Waals surface area (Å²) in [5.41, 5.74) is 0.822. The van der Waals surface area contributed by atoms with Crippen LogP contribution < -0.4 is 0 Å². The van der Waals surface area contributed by atoms with Crippen molar-refractivity contribution in [3.63, 3.8) is 0 Å². The highest BCUT2D eigenvalue weighted by Gasteiger charge is 2.50. The molecular formula is C110H212. The molecule has 0 aliphatic heterocycles. The molecule has 0 aromatic rings. The van der Waals surface area contributed by atoms with E-state index in [1.807, 2.05) is 0 Å². The van der Waals surface area contributed by atoms with Crippen LogP contribution in [-0.4, -0.2) is 0 Å². The van der Waals surface area contributed by atoms with Gasteiger partial charge in [-0.1, -0.05) is 427 Å². The molecule has 15 fully saturated rings. The van der Waals surface area contributed by atoms with Crippen LogP contribution in [-0.2, 0) is 0 Å². The Morgan fingerprint density at radius 2 is 0.509 bits per heavy atom. The van der Waals surface area contributed by atoms with Crippen molar-refractivity contribution in [1.82, 2.24) is 0 Å². The fourth-order valence-electron chi connectivity index (χ4n) is 26.8. The summed E-state index contributed by atoms with van der Waals surface area (Å²) in [6.45, 7) is 44.9. The summed E-state index contributed by atoms with van der Waals surface area (Å²) < 4.78 is 0. The van der Waals surface area contributed by atoms with E-state index in [-0.39, 0.29) is 0 Å². The van der Waals surface area contributed by atoms with Crippen molar-refractivity contribution in [2.24, 2.45) is 153 Å². The van der Waals surface area contributed by atoms with Gasteiger partial charge in [0.2, 0.25) is 0 Å². The lowest BCUT2D eigenvalue weighted by atomic mass is 9.48. The monoisotopic (exact) mass is 1530 g/mol. The Labute approximate surface area is 697 Å². The van der Waals surface area contributed by atoms with E-state index in [9.17, 15) is 0 Å². The van der Waals surface area contributed by atoms with Gasteiger partial charge >= 0.3 is 0 Å². The standard InChI is InChI=1S/C15H30.C14H24.C14H26.C13H26.C12H22.C12H24.3C10H20/c1-14(2)13-15-11-9-7-5-3-4-6-8-10-12-15;1-10(2)6-14-7-11-3-12(8-14)5-13(4-11)9-14;1-11(2)9-12-7-8-13-5-3-4-6-14(13)10-12;1-11(2)9-12(3)10-13-7-5-4-6-8-13;1-9(2)7-12-8-10-3-5-11(12)6-4-10;1-11(2)9-10-12-7-5-3-4-6-8-12;1-9(2)7-8-10-5-3-4-6-10;2*1-9(2)8-10-6-4-3-5-7-10/h14-15H,3-13H2,1-2H3;10-13H,3-9H2,1-2H3;11-14H,3-10H2,1-2H3;11-13H,4-10H2,1-3H3;9-12H,3-8H2,1-2H3;11-12H,3-10H2,1-2H3;3*9-10H,3-8H2,1-2H3. The molecule has 15 aliphatic rings. The first-order valence-corrected chi connectivity index (χ1v) is 52.8. The summed E-state index contributed by atoms with van der Waals surface area (Å²) in [5, 5.41) is 0. The lowest BCUT2D eigenvalue weighted by Crippen LogP contribution is -2.46. The van der Waals surface area contributed by atoms with Gasteiger partial charge in [0.15, 0.2) is 0 Å². The first-order chi connectivity index (χ1) is 52.8. The highest BCUT2D eigenvalue weighted by Crippen LogP contribution is 2.62. The Morgan fingerprint density at radius 3 is 0.836 bits per heavy atom. The Bertz CT molecular complexity index is 1960. The smallest absolute Gasteiger partial charge is 0.0287 e. The third-order valence-corrected chi connectivity index (χ3v) is 31.4. The van der Waals surface area contributed by atoms with Crippen molar-refractivity contribution in [3.05, 3.63) is 0 Å². The zero-order valence-electron chi connectivity index (χ0n) is 79.9. The van der Waals surface area contributed by atoms with E-state index in [2.05, 4.69) is 132 Å². The summed E-state index contributed by atoms with van der Waals surface area (Å²) in [5.74, 6) is 25.7. The van der Waals surface area contributed by atoms with Crippen molar-refractivity contribution in [2.45, 2.75) is 549 Å². The molecule has 0 aromatic carbocycles.